The quantitative estimate of drug-likeness (QED) is 0.580. The Hall–Kier alpha value is -2.93. The van der Waals surface area contributed by atoms with Gasteiger partial charge in [0.2, 0.25) is 0 Å². The Labute approximate surface area is 167 Å². The van der Waals surface area contributed by atoms with Crippen LogP contribution >= 0.6 is 0 Å². The molecule has 6 nitrogen and oxygen atoms in total. The molecule has 132 valence electrons. The molecule has 1 N–H and O–H groups in total. The van der Waals surface area contributed by atoms with Crippen LogP contribution in [-0.2, 0) is 16.5 Å². The van der Waals surface area contributed by atoms with Crippen LogP contribution in [0.4, 0.5) is 0 Å². The fourth-order valence-electron chi connectivity index (χ4n) is 2.34. The summed E-state index contributed by atoms with van der Waals surface area (Å²) in [7, 11) is -5.38. The maximum absolute atomic E-state index is 13.3. The lowest BCUT2D eigenvalue weighted by atomic mass is 10.2. The second-order valence-corrected chi connectivity index (χ2v) is 6.35. The maximum atomic E-state index is 13.3. The highest BCUT2D eigenvalue weighted by atomic mass is 32.2. The molecular formula is C19H18N4O2S. The molecule has 3 heterocycles. The fourth-order valence-corrected chi connectivity index (χ4v) is 3.17. The van der Waals surface area contributed by atoms with E-state index < -0.39 is 40.8 Å². The van der Waals surface area contributed by atoms with Crippen LogP contribution in [0, 0.1) is 6.92 Å². The van der Waals surface area contributed by atoms with Gasteiger partial charge in [-0.1, -0.05) is 0 Å². The first-order chi connectivity index (χ1) is 16.6. The molecule has 4 aromatic rings. The van der Waals surface area contributed by atoms with Crippen LogP contribution in [0.25, 0.3) is 16.7 Å². The normalized spacial score (nSPS) is 19.0. The molecule has 0 amide bonds. The number of ether oxygens (including phenoxy) is 1. The average molecular weight is 377 g/mol. The standard InChI is InChI=1S/C19H18N4O2S/c1-13-17(20-8-7-18(13)25-2)12-26(24)19-21-15-6-5-14(11-16(15)22-19)23-9-3-4-10-23/h3-11H,12H2,1-2H3,(H,21,22)/i2D3,3D,4D,9D,10D,12D2/hD. The number of H-pyrrole nitrogens is 1. The van der Waals surface area contributed by atoms with E-state index in [0.29, 0.717) is 4.98 Å². The van der Waals surface area contributed by atoms with Crippen molar-refractivity contribution in [3.05, 3.63) is 66.2 Å². The molecule has 1 unspecified atom stereocenters. The zero-order valence-electron chi connectivity index (χ0n) is 23.4. The van der Waals surface area contributed by atoms with E-state index in [1.807, 2.05) is 0 Å². The molecule has 0 spiro atoms. The SMILES string of the molecule is [2H]c1c([2H])c([2H])n(-c2ccc3c(c2)nc(S(=O)C([2H])([2H])c2nccc(OC([2H])([2H])[2H])c2C)n3[2H])c1[2H]. The van der Waals surface area contributed by atoms with E-state index in [2.05, 4.69) is 9.97 Å². The van der Waals surface area contributed by atoms with Crippen molar-refractivity contribution in [1.29, 1.82) is 0 Å². The van der Waals surface area contributed by atoms with Crippen LogP contribution in [0.1, 0.15) is 23.6 Å². The van der Waals surface area contributed by atoms with Crippen molar-refractivity contribution in [3.8, 4) is 11.4 Å². The summed E-state index contributed by atoms with van der Waals surface area (Å²) in [5.74, 6) is -0.156. The Kier molecular flexibility index (Phi) is 2.25. The molecule has 26 heavy (non-hydrogen) atoms. The van der Waals surface area contributed by atoms with E-state index in [4.69, 9.17) is 18.5 Å². The Morgan fingerprint density at radius 2 is 2.27 bits per heavy atom. The molecule has 0 aliphatic heterocycles. The van der Waals surface area contributed by atoms with Crippen molar-refractivity contribution in [2.45, 2.75) is 17.8 Å². The van der Waals surface area contributed by atoms with Gasteiger partial charge in [-0.25, -0.2) is 4.98 Å². The number of methoxy groups -OCH3 is 1. The molecule has 1 atom stereocenters. The number of nitrogens with zero attached hydrogens (tertiary/aromatic N) is 3. The van der Waals surface area contributed by atoms with Crippen LogP contribution in [0.5, 0.6) is 5.75 Å². The van der Waals surface area contributed by atoms with Crippen LogP contribution in [0.2, 0.25) is 1.41 Å². The second-order valence-electron chi connectivity index (χ2n) is 5.24. The van der Waals surface area contributed by atoms with Crippen LogP contribution in [0.15, 0.2) is 60.0 Å². The highest BCUT2D eigenvalue weighted by Crippen LogP contribution is 2.22. The third kappa shape index (κ3) is 3.01. The molecule has 0 saturated heterocycles. The summed E-state index contributed by atoms with van der Waals surface area (Å²) in [4.78, 5) is 8.78. The summed E-state index contributed by atoms with van der Waals surface area (Å²) in [6.45, 7) is 1.38. The number of rotatable bonds is 5. The first-order valence-corrected chi connectivity index (χ1v) is 8.54. The summed E-state index contributed by atoms with van der Waals surface area (Å²) in [5.41, 5.74) is -2.52. The van der Waals surface area contributed by atoms with Crippen LogP contribution in [0.3, 0.4) is 0 Å². The molecule has 3 aromatic heterocycles. The van der Waals surface area contributed by atoms with Gasteiger partial charge in [-0.05, 0) is 43.3 Å². The Bertz CT molecular complexity index is 1500. The van der Waals surface area contributed by atoms with E-state index in [9.17, 15) is 4.21 Å². The Balaban J connectivity index is 1.78. The van der Waals surface area contributed by atoms with Crippen molar-refractivity contribution in [2.75, 3.05) is 7.04 Å². The third-order valence-corrected chi connectivity index (χ3v) is 4.56. The van der Waals surface area contributed by atoms with Crippen molar-refractivity contribution < 1.29 is 22.7 Å². The molecule has 0 saturated carbocycles. The van der Waals surface area contributed by atoms with E-state index in [1.54, 1.807) is 0 Å². The van der Waals surface area contributed by atoms with E-state index in [1.165, 1.54) is 31.2 Å². The molecule has 0 aliphatic rings. The van der Waals surface area contributed by atoms with Gasteiger partial charge < -0.3 is 14.3 Å². The van der Waals surface area contributed by atoms with Crippen molar-refractivity contribution in [1.82, 2.24) is 19.5 Å². The lowest BCUT2D eigenvalue weighted by Crippen LogP contribution is -2.03. The lowest BCUT2D eigenvalue weighted by molar-refractivity contribution is 0.410. The van der Waals surface area contributed by atoms with Crippen LogP contribution < -0.4 is 4.74 Å². The summed E-state index contributed by atoms with van der Waals surface area (Å²) >= 11 is 0. The smallest absolute Gasteiger partial charge is 0.197 e. The van der Waals surface area contributed by atoms with Gasteiger partial charge in [-0.2, -0.15) is 0 Å². The minimum absolute atomic E-state index is 0.0258. The van der Waals surface area contributed by atoms with Crippen molar-refractivity contribution in [3.63, 3.8) is 0 Å². The largest absolute Gasteiger partial charge is 0.496 e. The highest BCUT2D eigenvalue weighted by molar-refractivity contribution is 7.84. The zero-order chi connectivity index (χ0) is 26.7. The first kappa shape index (κ1) is 8.64. The number of hydrogen-bond donors (Lipinski definition) is 1. The number of benzene rings is 1. The summed E-state index contributed by atoms with van der Waals surface area (Å²) < 4.78 is 97.9. The van der Waals surface area contributed by atoms with Gasteiger partial charge >= 0.3 is 0 Å². The number of nitrogens with one attached hydrogen (secondary N) is 1. The monoisotopic (exact) mass is 376 g/mol. The number of imidazole rings is 1. The van der Waals surface area contributed by atoms with Crippen molar-refractivity contribution >= 4 is 21.8 Å². The molecule has 0 fully saturated rings. The third-order valence-electron chi connectivity index (χ3n) is 3.67. The average Bonchev–Trinajstić information content (AvgIpc) is 3.22. The lowest BCUT2D eigenvalue weighted by Gasteiger charge is -2.08. The second kappa shape index (κ2) is 6.76. The number of hydrogen-bond acceptors (Lipinski definition) is 4. The van der Waals surface area contributed by atoms with Gasteiger partial charge in [-0.3, -0.25) is 9.19 Å². The topological polar surface area (TPSA) is 72.8 Å². The van der Waals surface area contributed by atoms with Gasteiger partial charge in [0, 0.05) is 32.5 Å². The molecule has 4 rings (SSSR count). The minimum Gasteiger partial charge on any atom is -0.496 e. The summed E-state index contributed by atoms with van der Waals surface area (Å²) in [6, 6.07) is 4.62. The predicted molar refractivity (Wildman–Crippen MR) is 101 cm³/mol. The van der Waals surface area contributed by atoms with Gasteiger partial charge in [0.05, 0.1) is 49.9 Å². The molecule has 1 aromatic carbocycles. The van der Waals surface area contributed by atoms with Gasteiger partial charge in [0.15, 0.2) is 6.57 Å². The van der Waals surface area contributed by atoms with E-state index >= 15 is 0 Å². The maximum Gasteiger partial charge on any atom is 0.197 e. The Morgan fingerprint density at radius 3 is 3.08 bits per heavy atom. The first-order valence-electron chi connectivity index (χ1n) is 12.3. The summed E-state index contributed by atoms with van der Waals surface area (Å²) in [6.07, 6.45) is 0.370. The predicted octanol–water partition coefficient (Wildman–Crippen LogP) is 3.37. The van der Waals surface area contributed by atoms with Gasteiger partial charge in [-0.15, -0.1) is 0 Å². The number of aromatic amines is 1. The zero-order valence-corrected chi connectivity index (χ0v) is 14.2. The molecule has 0 radical (unpaired) electrons. The molecule has 7 heteroatoms. The Morgan fingerprint density at radius 1 is 1.42 bits per heavy atom. The van der Waals surface area contributed by atoms with Crippen LogP contribution in [-0.4, -0.2) is 30.8 Å². The van der Waals surface area contributed by atoms with Gasteiger partial charge in [0.25, 0.3) is 0 Å². The van der Waals surface area contributed by atoms with E-state index in [0.717, 1.165) is 10.8 Å². The summed E-state index contributed by atoms with van der Waals surface area (Å²) in [5, 5.41) is -0.456. The number of aromatic nitrogens is 4. The van der Waals surface area contributed by atoms with Crippen molar-refractivity contribution in [2.24, 2.45) is 0 Å². The highest BCUT2D eigenvalue weighted by Gasteiger charge is 2.15. The minimum atomic E-state index is -2.79. The molecule has 0 aliphatic carbocycles. The number of fused-ring (bicyclic) bond motifs is 1. The molecule has 0 bridgehead atoms. The number of pyridine rings is 1. The fraction of sp³-hybridized carbons (Fsp3) is 0.158. The van der Waals surface area contributed by atoms with E-state index in [-0.39, 0.29) is 46.1 Å². The molecular weight excluding hydrogens is 348 g/mol. The van der Waals surface area contributed by atoms with Gasteiger partial charge in [0.1, 0.15) is 5.75 Å².